The van der Waals surface area contributed by atoms with Crippen molar-refractivity contribution >= 4 is 62.3 Å². The lowest BCUT2D eigenvalue weighted by molar-refractivity contribution is 0.104. The smallest absolute Gasteiger partial charge is 0.194 e. The molecule has 0 N–H and O–H groups in total. The van der Waals surface area contributed by atoms with E-state index in [1.807, 2.05) is 45.3 Å². The fraction of sp³-hybridized carbons (Fsp3) is 0.492. The Bertz CT molecular complexity index is 2530. The molecule has 5 heteroatoms. The Hall–Kier alpha value is -3.61. The summed E-state index contributed by atoms with van der Waals surface area (Å²) in [7, 11) is 0. The zero-order valence-corrected chi connectivity index (χ0v) is 46.5. The average molecular weight is 1010 g/mol. The number of carbonyl (C=O) groups excluding carboxylic acids is 1. The topological polar surface area (TPSA) is 17.1 Å². The van der Waals surface area contributed by atoms with Crippen LogP contribution in [0.3, 0.4) is 0 Å². The van der Waals surface area contributed by atoms with Crippen molar-refractivity contribution in [1.82, 2.24) is 0 Å². The first-order valence-electron chi connectivity index (χ1n) is 28.3. The maximum absolute atomic E-state index is 14.6. The summed E-state index contributed by atoms with van der Waals surface area (Å²) >= 11 is 7.69. The predicted molar refractivity (Wildman–Crippen MR) is 313 cm³/mol. The second-order valence-electron chi connectivity index (χ2n) is 20.9. The SMILES string of the molecule is CCCCCCCCC(CCCCCCCC)=C1c2ccsc2-c2sc(-c3ccc4c(c3)C(=O)c3cc(-c5cc6c(s5)-c5sccc5C6=C(CCCCCCCC)CCCCCCCC)ccc3-4)cc21. The highest BCUT2D eigenvalue weighted by Crippen LogP contribution is 2.57. The van der Waals surface area contributed by atoms with E-state index in [4.69, 9.17) is 0 Å². The van der Waals surface area contributed by atoms with E-state index in [1.165, 1.54) is 254 Å². The molecule has 0 amide bonds. The summed E-state index contributed by atoms with van der Waals surface area (Å²) in [5, 5.41) is 4.62. The minimum absolute atomic E-state index is 0.171. The molecule has 3 aliphatic carbocycles. The van der Waals surface area contributed by atoms with E-state index in [2.05, 4.69) is 99.1 Å². The van der Waals surface area contributed by atoms with E-state index in [0.717, 1.165) is 22.3 Å². The first kappa shape index (κ1) is 51.3. The molecule has 0 atom stereocenters. The van der Waals surface area contributed by atoms with E-state index in [1.54, 1.807) is 11.1 Å². The lowest BCUT2D eigenvalue weighted by Gasteiger charge is -2.14. The van der Waals surface area contributed by atoms with Gasteiger partial charge in [-0.1, -0.05) is 192 Å². The first-order chi connectivity index (χ1) is 34.5. The molecule has 0 spiro atoms. The number of unbranched alkanes of at least 4 members (excludes halogenated alkanes) is 20. The Kier molecular flexibility index (Phi) is 18.6. The third-order valence-electron chi connectivity index (χ3n) is 15.7. The molecule has 4 aromatic heterocycles. The van der Waals surface area contributed by atoms with Crippen molar-refractivity contribution in [2.45, 2.75) is 207 Å². The van der Waals surface area contributed by atoms with Gasteiger partial charge in [0.1, 0.15) is 0 Å². The second-order valence-corrected chi connectivity index (χ2v) is 24.8. The van der Waals surface area contributed by atoms with Crippen LogP contribution in [0, 0.1) is 0 Å². The van der Waals surface area contributed by atoms with Crippen molar-refractivity contribution in [3.63, 3.8) is 0 Å². The van der Waals surface area contributed by atoms with Gasteiger partial charge in [-0.15, -0.1) is 45.3 Å². The molecule has 1 nitrogen and oxygen atoms in total. The number of hydrogen-bond donors (Lipinski definition) is 0. The number of benzene rings is 2. The van der Waals surface area contributed by atoms with Gasteiger partial charge in [0.25, 0.3) is 0 Å². The van der Waals surface area contributed by atoms with Gasteiger partial charge >= 0.3 is 0 Å². The Morgan fingerprint density at radius 2 is 0.686 bits per heavy atom. The normalized spacial score (nSPS) is 13.0. The zero-order chi connectivity index (χ0) is 48.2. The lowest BCUT2D eigenvalue weighted by Crippen LogP contribution is -1.96. The number of thiophene rings is 4. The van der Waals surface area contributed by atoms with Crippen LogP contribution in [-0.2, 0) is 0 Å². The summed E-state index contributed by atoms with van der Waals surface area (Å²) in [5.74, 6) is 0.171. The summed E-state index contributed by atoms with van der Waals surface area (Å²) in [4.78, 5) is 22.9. The predicted octanol–water partition coefficient (Wildman–Crippen LogP) is 23.0. The van der Waals surface area contributed by atoms with Gasteiger partial charge in [-0.05, 0) is 132 Å². The summed E-state index contributed by atoms with van der Waals surface area (Å²) in [6.07, 6.45) is 36.9. The number of fused-ring (bicyclic) bond motifs is 9. The molecule has 0 saturated carbocycles. The van der Waals surface area contributed by atoms with Gasteiger partial charge in [-0.2, -0.15) is 0 Å². The number of rotatable bonds is 30. The van der Waals surface area contributed by atoms with Crippen LogP contribution in [0.15, 0.2) is 82.6 Å². The second kappa shape index (κ2) is 25.4. The zero-order valence-electron chi connectivity index (χ0n) is 43.3. The molecule has 0 unspecified atom stereocenters. The average Bonchev–Trinajstić information content (AvgIpc) is 4.26. The van der Waals surface area contributed by atoms with Crippen molar-refractivity contribution in [2.24, 2.45) is 0 Å². The molecule has 3 aliphatic rings. The number of hydrogen-bond acceptors (Lipinski definition) is 5. The van der Waals surface area contributed by atoms with Crippen LogP contribution >= 0.6 is 45.3 Å². The molecule has 370 valence electrons. The fourth-order valence-corrected chi connectivity index (χ4v) is 16.3. The van der Waals surface area contributed by atoms with Gasteiger partial charge in [-0.3, -0.25) is 4.79 Å². The third-order valence-corrected chi connectivity index (χ3v) is 20.2. The highest BCUT2D eigenvalue weighted by atomic mass is 32.1. The Morgan fingerprint density at radius 1 is 0.343 bits per heavy atom. The molecule has 4 heterocycles. The van der Waals surface area contributed by atoms with Crippen LogP contribution in [0.4, 0.5) is 0 Å². The molecule has 0 aliphatic heterocycles. The van der Waals surface area contributed by atoms with Crippen LogP contribution in [0.2, 0.25) is 0 Å². The standard InChI is InChI=1S/C65H80OS4/c1-5-9-13-17-21-25-29-45(30-26-22-18-14-10-6-2)59-51-37-39-67-62(51)64-55(59)43-57(69-64)47-33-35-49-50-36-34-48(42-54(50)61(66)53(49)41-47)58-44-56-60(52-38-40-68-63(52)65(56)70-58)46(31-27-23-19-15-11-7-3)32-28-24-20-16-12-8-4/h33-44H,5-32H2,1-4H3. The summed E-state index contributed by atoms with van der Waals surface area (Å²) in [6, 6.07) is 23.2. The Labute approximate surface area is 439 Å². The highest BCUT2D eigenvalue weighted by molar-refractivity contribution is 7.24. The van der Waals surface area contributed by atoms with Crippen LogP contribution in [0.25, 0.3) is 62.7 Å². The van der Waals surface area contributed by atoms with Gasteiger partial charge in [0.15, 0.2) is 5.78 Å². The maximum atomic E-state index is 14.6. The Morgan fingerprint density at radius 3 is 1.04 bits per heavy atom. The number of ketones is 1. The lowest BCUT2D eigenvalue weighted by atomic mass is 9.91. The largest absolute Gasteiger partial charge is 0.289 e. The minimum Gasteiger partial charge on any atom is -0.289 e. The maximum Gasteiger partial charge on any atom is 0.194 e. The molecule has 9 rings (SSSR count). The molecule has 70 heavy (non-hydrogen) atoms. The van der Waals surface area contributed by atoms with Crippen molar-refractivity contribution < 1.29 is 4.79 Å². The monoisotopic (exact) mass is 1000 g/mol. The molecule has 0 radical (unpaired) electrons. The Balaban J connectivity index is 0.965. The van der Waals surface area contributed by atoms with Crippen LogP contribution in [0.5, 0.6) is 0 Å². The van der Waals surface area contributed by atoms with Gasteiger partial charge in [0, 0.05) is 43.1 Å². The van der Waals surface area contributed by atoms with Crippen LogP contribution < -0.4 is 0 Å². The third kappa shape index (κ3) is 11.4. The molecule has 6 aromatic rings. The van der Waals surface area contributed by atoms with E-state index < -0.39 is 0 Å². The number of allylic oxidation sites excluding steroid dienone is 2. The fourth-order valence-electron chi connectivity index (χ4n) is 11.8. The number of carbonyl (C=O) groups is 1. The summed E-state index contributed by atoms with van der Waals surface area (Å²) < 4.78 is 0. The minimum atomic E-state index is 0.171. The quantitative estimate of drug-likeness (QED) is 0.0410. The van der Waals surface area contributed by atoms with Gasteiger partial charge in [0.05, 0.1) is 19.5 Å². The van der Waals surface area contributed by atoms with Crippen molar-refractivity contribution in [2.75, 3.05) is 0 Å². The van der Waals surface area contributed by atoms with Crippen LogP contribution in [-0.4, -0.2) is 5.78 Å². The van der Waals surface area contributed by atoms with Crippen molar-refractivity contribution in [1.29, 1.82) is 0 Å². The molecule has 0 bridgehead atoms. The van der Waals surface area contributed by atoms with Gasteiger partial charge in [-0.25, -0.2) is 0 Å². The van der Waals surface area contributed by atoms with Gasteiger partial charge in [0.2, 0.25) is 0 Å². The van der Waals surface area contributed by atoms with E-state index in [-0.39, 0.29) is 5.78 Å². The molecule has 0 saturated heterocycles. The highest BCUT2D eigenvalue weighted by Gasteiger charge is 2.33. The van der Waals surface area contributed by atoms with Crippen molar-refractivity contribution in [3.8, 4) is 51.5 Å². The van der Waals surface area contributed by atoms with Crippen LogP contribution in [0.1, 0.15) is 246 Å². The molecular weight excluding hydrogens is 925 g/mol. The molecule has 0 fully saturated rings. The van der Waals surface area contributed by atoms with E-state index in [0.29, 0.717) is 0 Å². The van der Waals surface area contributed by atoms with E-state index in [9.17, 15) is 4.79 Å². The molecule has 2 aromatic carbocycles. The van der Waals surface area contributed by atoms with E-state index >= 15 is 0 Å². The first-order valence-corrected chi connectivity index (χ1v) is 31.7. The summed E-state index contributed by atoms with van der Waals surface area (Å²) in [5.41, 5.74) is 18.5. The van der Waals surface area contributed by atoms with Gasteiger partial charge < -0.3 is 0 Å². The summed E-state index contributed by atoms with van der Waals surface area (Å²) in [6.45, 7) is 9.25. The van der Waals surface area contributed by atoms with Crippen molar-refractivity contribution in [3.05, 3.63) is 116 Å². The molecular formula is C65H80OS4.